The fourth-order valence-electron chi connectivity index (χ4n) is 3.50. The SMILES string of the molecule is CSCCCc1cc(F)ccc1C(C)N(SC1=CC=C(Cl)C=CC1)c1cc(F)ccc1F. The Morgan fingerprint density at radius 1 is 1.06 bits per heavy atom. The van der Waals surface area contributed by atoms with Crippen molar-refractivity contribution in [3.05, 3.63) is 99.2 Å². The summed E-state index contributed by atoms with van der Waals surface area (Å²) in [6.45, 7) is 1.93. The minimum atomic E-state index is -0.518. The molecule has 1 nitrogen and oxygen atoms in total. The summed E-state index contributed by atoms with van der Waals surface area (Å²) in [5.74, 6) is -0.368. The van der Waals surface area contributed by atoms with E-state index in [1.165, 1.54) is 24.1 Å². The van der Waals surface area contributed by atoms with Gasteiger partial charge in [-0.3, -0.25) is 0 Å². The molecule has 2 aromatic rings. The van der Waals surface area contributed by atoms with E-state index < -0.39 is 11.6 Å². The molecule has 0 saturated heterocycles. The van der Waals surface area contributed by atoms with Crippen LogP contribution in [0, 0.1) is 17.5 Å². The van der Waals surface area contributed by atoms with Gasteiger partial charge in [-0.25, -0.2) is 13.2 Å². The highest BCUT2D eigenvalue weighted by Gasteiger charge is 2.24. The molecule has 0 spiro atoms. The zero-order chi connectivity index (χ0) is 23.1. The maximum atomic E-state index is 14.9. The van der Waals surface area contributed by atoms with Crippen LogP contribution < -0.4 is 4.31 Å². The molecule has 7 heteroatoms. The number of allylic oxidation sites excluding steroid dienone is 6. The topological polar surface area (TPSA) is 3.24 Å². The summed E-state index contributed by atoms with van der Waals surface area (Å²) in [4.78, 5) is 0.929. The van der Waals surface area contributed by atoms with E-state index >= 15 is 0 Å². The van der Waals surface area contributed by atoms with Crippen LogP contribution in [0.25, 0.3) is 0 Å². The van der Waals surface area contributed by atoms with Gasteiger partial charge in [0.1, 0.15) is 17.5 Å². The van der Waals surface area contributed by atoms with Gasteiger partial charge in [0.25, 0.3) is 0 Å². The lowest BCUT2D eigenvalue weighted by molar-refractivity contribution is 0.596. The van der Waals surface area contributed by atoms with E-state index in [1.54, 1.807) is 34.3 Å². The van der Waals surface area contributed by atoms with Gasteiger partial charge in [0.05, 0.1) is 11.7 Å². The number of thioether (sulfide) groups is 1. The number of halogens is 4. The fraction of sp³-hybridized carbons (Fsp3) is 0.280. The molecule has 0 heterocycles. The van der Waals surface area contributed by atoms with Gasteiger partial charge < -0.3 is 4.31 Å². The monoisotopic (exact) mass is 495 g/mol. The van der Waals surface area contributed by atoms with Crippen LogP contribution in [0.5, 0.6) is 0 Å². The summed E-state index contributed by atoms with van der Waals surface area (Å²) in [6.07, 6.45) is 11.7. The molecule has 0 aromatic heterocycles. The van der Waals surface area contributed by atoms with Gasteiger partial charge in [-0.05, 0) is 104 Å². The molecular formula is C25H25ClF3NS2. The van der Waals surface area contributed by atoms with E-state index in [9.17, 15) is 13.2 Å². The third kappa shape index (κ3) is 6.63. The van der Waals surface area contributed by atoms with Gasteiger partial charge in [-0.15, -0.1) is 0 Å². The Bertz CT molecular complexity index is 1040. The molecule has 0 saturated carbocycles. The van der Waals surface area contributed by atoms with Crippen molar-refractivity contribution in [1.29, 1.82) is 0 Å². The molecular weight excluding hydrogens is 471 g/mol. The molecule has 0 amide bonds. The van der Waals surface area contributed by atoms with Crippen molar-refractivity contribution in [2.75, 3.05) is 16.3 Å². The van der Waals surface area contributed by atoms with E-state index in [0.29, 0.717) is 17.9 Å². The van der Waals surface area contributed by atoms with Crippen LogP contribution in [0.3, 0.4) is 0 Å². The zero-order valence-electron chi connectivity index (χ0n) is 18.0. The van der Waals surface area contributed by atoms with Crippen LogP contribution in [-0.4, -0.2) is 12.0 Å². The third-order valence-electron chi connectivity index (χ3n) is 5.09. The first kappa shape index (κ1) is 24.9. The number of anilines is 1. The number of hydrogen-bond donors (Lipinski definition) is 0. The van der Waals surface area contributed by atoms with Gasteiger partial charge in [0, 0.05) is 16.0 Å². The Morgan fingerprint density at radius 3 is 2.59 bits per heavy atom. The van der Waals surface area contributed by atoms with E-state index in [0.717, 1.165) is 40.3 Å². The smallest absolute Gasteiger partial charge is 0.147 e. The Hall–Kier alpha value is -1.76. The van der Waals surface area contributed by atoms with Gasteiger partial charge in [0.15, 0.2) is 0 Å². The van der Waals surface area contributed by atoms with Crippen LogP contribution >= 0.6 is 35.3 Å². The van der Waals surface area contributed by atoms with Gasteiger partial charge >= 0.3 is 0 Å². The number of nitrogens with zero attached hydrogens (tertiary/aromatic N) is 1. The maximum Gasteiger partial charge on any atom is 0.147 e. The molecule has 1 aliphatic carbocycles. The number of rotatable bonds is 9. The molecule has 0 bridgehead atoms. The van der Waals surface area contributed by atoms with Crippen molar-refractivity contribution < 1.29 is 13.2 Å². The minimum absolute atomic E-state index is 0.145. The summed E-state index contributed by atoms with van der Waals surface area (Å²) in [7, 11) is 0. The van der Waals surface area contributed by atoms with Crippen molar-refractivity contribution in [3.63, 3.8) is 0 Å². The quantitative estimate of drug-likeness (QED) is 0.253. The summed E-state index contributed by atoms with van der Waals surface area (Å²) in [5, 5.41) is 0.603. The first-order chi connectivity index (χ1) is 15.4. The zero-order valence-corrected chi connectivity index (χ0v) is 20.3. The van der Waals surface area contributed by atoms with Crippen molar-refractivity contribution in [2.24, 2.45) is 0 Å². The summed E-state index contributed by atoms with van der Waals surface area (Å²) < 4.78 is 44.8. The van der Waals surface area contributed by atoms with Crippen LogP contribution in [-0.2, 0) is 6.42 Å². The van der Waals surface area contributed by atoms with E-state index in [2.05, 4.69) is 0 Å². The second-order valence-corrected chi connectivity index (χ2v) is 9.94. The van der Waals surface area contributed by atoms with Gasteiger partial charge in [0.2, 0.25) is 0 Å². The molecule has 170 valence electrons. The van der Waals surface area contributed by atoms with Crippen molar-refractivity contribution >= 4 is 41.0 Å². The molecule has 32 heavy (non-hydrogen) atoms. The molecule has 1 aliphatic rings. The summed E-state index contributed by atoms with van der Waals surface area (Å²) in [6, 6.07) is 7.82. The highest BCUT2D eigenvalue weighted by molar-refractivity contribution is 8.04. The Morgan fingerprint density at radius 2 is 1.81 bits per heavy atom. The van der Waals surface area contributed by atoms with Gasteiger partial charge in [-0.2, -0.15) is 11.8 Å². The Kier molecular flexibility index (Phi) is 9.26. The molecule has 0 N–H and O–H groups in total. The largest absolute Gasteiger partial charge is 0.302 e. The average molecular weight is 496 g/mol. The minimum Gasteiger partial charge on any atom is -0.302 e. The van der Waals surface area contributed by atoms with E-state index in [4.69, 9.17) is 11.6 Å². The highest BCUT2D eigenvalue weighted by atomic mass is 35.5. The Labute approximate surface area is 201 Å². The van der Waals surface area contributed by atoms with Crippen LogP contribution in [0.4, 0.5) is 18.9 Å². The van der Waals surface area contributed by atoms with Crippen molar-refractivity contribution in [3.8, 4) is 0 Å². The standard InChI is InChI=1S/C25H25ClF3NS2/c1-17(23-12-9-20(27)15-18(23)5-4-14-31-2)30(25-16-21(28)10-13-24(25)29)32-22-7-3-6-19(26)8-11-22/h3,6,8-13,15-17H,4-5,7,14H2,1-2H3. The molecule has 3 rings (SSSR count). The predicted molar refractivity (Wildman–Crippen MR) is 134 cm³/mol. The van der Waals surface area contributed by atoms with Crippen LogP contribution in [0.1, 0.15) is 36.9 Å². The van der Waals surface area contributed by atoms with Crippen LogP contribution in [0.2, 0.25) is 0 Å². The van der Waals surface area contributed by atoms with E-state index in [-0.39, 0.29) is 17.5 Å². The molecule has 2 aromatic carbocycles. The van der Waals surface area contributed by atoms with Gasteiger partial charge in [-0.1, -0.05) is 23.7 Å². The molecule has 0 aliphatic heterocycles. The number of hydrogen-bond acceptors (Lipinski definition) is 3. The summed E-state index contributed by atoms with van der Waals surface area (Å²) in [5.41, 5.74) is 1.92. The molecule has 1 unspecified atom stereocenters. The lowest BCUT2D eigenvalue weighted by Crippen LogP contribution is -2.22. The normalized spacial score (nSPS) is 14.6. The molecule has 0 radical (unpaired) electrons. The first-order valence-electron chi connectivity index (χ1n) is 10.3. The average Bonchev–Trinajstić information content (AvgIpc) is 2.98. The van der Waals surface area contributed by atoms with Crippen LogP contribution in [0.15, 0.2) is 70.6 Å². The second kappa shape index (κ2) is 11.9. The van der Waals surface area contributed by atoms with Crippen molar-refractivity contribution in [2.45, 2.75) is 32.2 Å². The third-order valence-corrected chi connectivity index (χ3v) is 7.28. The molecule has 1 atom stereocenters. The van der Waals surface area contributed by atoms with Crippen molar-refractivity contribution in [1.82, 2.24) is 0 Å². The Balaban J connectivity index is 2.01. The highest BCUT2D eigenvalue weighted by Crippen LogP contribution is 2.41. The number of benzene rings is 2. The first-order valence-corrected chi connectivity index (χ1v) is 12.9. The molecule has 0 fully saturated rings. The lowest BCUT2D eigenvalue weighted by Gasteiger charge is -2.32. The second-order valence-electron chi connectivity index (χ2n) is 7.42. The predicted octanol–water partition coefficient (Wildman–Crippen LogP) is 8.58. The van der Waals surface area contributed by atoms with E-state index in [1.807, 2.05) is 31.4 Å². The number of aryl methyl sites for hydroxylation is 1. The lowest BCUT2D eigenvalue weighted by atomic mass is 9.97. The fourth-order valence-corrected chi connectivity index (χ4v) is 5.15. The maximum absolute atomic E-state index is 14.9. The summed E-state index contributed by atoms with van der Waals surface area (Å²) >= 11 is 9.18.